The first-order valence-corrected chi connectivity index (χ1v) is 10.2. The summed E-state index contributed by atoms with van der Waals surface area (Å²) in [4.78, 5) is 4.71. The molecule has 0 aliphatic carbocycles. The first kappa shape index (κ1) is 25.3. The van der Waals surface area contributed by atoms with E-state index in [-0.39, 0.29) is 30.0 Å². The minimum Gasteiger partial charge on any atom is -0.493 e. The van der Waals surface area contributed by atoms with Gasteiger partial charge in [-0.05, 0) is 55.9 Å². The van der Waals surface area contributed by atoms with Gasteiger partial charge < -0.3 is 15.4 Å². The summed E-state index contributed by atoms with van der Waals surface area (Å²) in [6.07, 6.45) is 5.97. The Labute approximate surface area is 192 Å². The molecule has 1 aromatic carbocycles. The molecule has 0 aliphatic rings. The van der Waals surface area contributed by atoms with Crippen LogP contribution in [-0.4, -0.2) is 35.4 Å². The van der Waals surface area contributed by atoms with Gasteiger partial charge in [0.2, 0.25) is 0 Å². The summed E-state index contributed by atoms with van der Waals surface area (Å²) in [6, 6.07) is 8.45. The monoisotopic (exact) mass is 513 g/mol. The molecule has 162 valence electrons. The number of benzene rings is 1. The quantitative estimate of drug-likeness (QED) is 0.215. The van der Waals surface area contributed by atoms with Gasteiger partial charge >= 0.3 is 0 Å². The predicted molar refractivity (Wildman–Crippen MR) is 131 cm³/mol. The van der Waals surface area contributed by atoms with Crippen LogP contribution in [0.25, 0.3) is 0 Å². The summed E-state index contributed by atoms with van der Waals surface area (Å²) in [6.45, 7) is 10.9. The number of aromatic nitrogens is 2. The van der Waals surface area contributed by atoms with E-state index >= 15 is 0 Å². The molecule has 6 nitrogen and oxygen atoms in total. The molecule has 0 fully saturated rings. The van der Waals surface area contributed by atoms with Crippen molar-refractivity contribution in [3.63, 3.8) is 0 Å². The fourth-order valence-electron chi connectivity index (χ4n) is 2.80. The van der Waals surface area contributed by atoms with Crippen LogP contribution in [-0.2, 0) is 13.5 Å². The number of hydrogen-bond acceptors (Lipinski definition) is 3. The van der Waals surface area contributed by atoms with Crippen LogP contribution in [0.15, 0.2) is 41.7 Å². The summed E-state index contributed by atoms with van der Waals surface area (Å²) in [5.74, 6) is 2.29. The molecule has 0 amide bonds. The zero-order chi connectivity index (χ0) is 20.4. The summed E-state index contributed by atoms with van der Waals surface area (Å²) in [7, 11) is 1.94. The maximum atomic E-state index is 5.76. The molecule has 1 atom stereocenters. The average molecular weight is 513 g/mol. The third kappa shape index (κ3) is 9.51. The van der Waals surface area contributed by atoms with E-state index in [1.807, 2.05) is 30.1 Å². The van der Waals surface area contributed by atoms with Crippen molar-refractivity contribution in [1.29, 1.82) is 0 Å². The van der Waals surface area contributed by atoms with Crippen LogP contribution in [0.3, 0.4) is 0 Å². The van der Waals surface area contributed by atoms with Gasteiger partial charge in [0.25, 0.3) is 0 Å². The van der Waals surface area contributed by atoms with E-state index in [0.29, 0.717) is 5.92 Å². The highest BCUT2D eigenvalue weighted by molar-refractivity contribution is 14.0. The van der Waals surface area contributed by atoms with Gasteiger partial charge in [-0.3, -0.25) is 9.67 Å². The van der Waals surface area contributed by atoms with Crippen molar-refractivity contribution in [2.75, 3.05) is 19.7 Å². The fourth-order valence-corrected chi connectivity index (χ4v) is 2.80. The van der Waals surface area contributed by atoms with E-state index in [1.165, 1.54) is 11.1 Å². The van der Waals surface area contributed by atoms with Crippen molar-refractivity contribution in [1.82, 2.24) is 20.4 Å². The van der Waals surface area contributed by atoms with Crippen LogP contribution >= 0.6 is 24.0 Å². The van der Waals surface area contributed by atoms with E-state index in [0.717, 1.165) is 44.2 Å². The van der Waals surface area contributed by atoms with Crippen LogP contribution < -0.4 is 15.4 Å². The molecule has 2 N–H and O–H groups in total. The lowest BCUT2D eigenvalue weighted by molar-refractivity contribution is 0.271. The Bertz CT molecular complexity index is 727. The Hall–Kier alpha value is -1.77. The highest BCUT2D eigenvalue weighted by Gasteiger charge is 2.08. The van der Waals surface area contributed by atoms with Gasteiger partial charge in [0.15, 0.2) is 5.96 Å². The van der Waals surface area contributed by atoms with Crippen LogP contribution in [0, 0.1) is 5.92 Å². The van der Waals surface area contributed by atoms with Crippen molar-refractivity contribution in [3.8, 4) is 5.75 Å². The third-order valence-electron chi connectivity index (χ3n) is 4.31. The number of guanidine groups is 1. The molecular formula is C22H36IN5O. The highest BCUT2D eigenvalue weighted by atomic mass is 127. The Kier molecular flexibility index (Phi) is 11.7. The SMILES string of the molecule is CCNC(=NCCCc1cnn(C)c1)NC(C)c1ccc(OCC(C)C)cc1.I. The first-order chi connectivity index (χ1) is 13.5. The number of halogens is 1. The number of hydrogen-bond donors (Lipinski definition) is 2. The maximum absolute atomic E-state index is 5.76. The third-order valence-corrected chi connectivity index (χ3v) is 4.31. The van der Waals surface area contributed by atoms with Gasteiger partial charge in [0.05, 0.1) is 18.8 Å². The lowest BCUT2D eigenvalue weighted by Crippen LogP contribution is -2.38. The molecule has 2 rings (SSSR count). The van der Waals surface area contributed by atoms with Crippen LogP contribution in [0.2, 0.25) is 0 Å². The molecule has 0 spiro atoms. The largest absolute Gasteiger partial charge is 0.493 e. The minimum absolute atomic E-state index is 0. The predicted octanol–water partition coefficient (Wildman–Crippen LogP) is 4.32. The van der Waals surface area contributed by atoms with Gasteiger partial charge in [0, 0.05) is 26.3 Å². The lowest BCUT2D eigenvalue weighted by atomic mass is 10.1. The molecule has 1 aromatic heterocycles. The zero-order valence-corrected chi connectivity index (χ0v) is 20.6. The van der Waals surface area contributed by atoms with E-state index in [2.05, 4.69) is 61.8 Å². The molecule has 0 radical (unpaired) electrons. The van der Waals surface area contributed by atoms with Crippen LogP contribution in [0.4, 0.5) is 0 Å². The Morgan fingerprint density at radius 1 is 1.21 bits per heavy atom. The molecule has 1 heterocycles. The summed E-state index contributed by atoms with van der Waals surface area (Å²) in [5.41, 5.74) is 2.46. The molecule has 2 aromatic rings. The number of aryl methyl sites for hydroxylation is 2. The second kappa shape index (κ2) is 13.5. The smallest absolute Gasteiger partial charge is 0.191 e. The number of rotatable bonds is 10. The number of nitrogens with one attached hydrogen (secondary N) is 2. The van der Waals surface area contributed by atoms with E-state index in [9.17, 15) is 0 Å². The second-order valence-corrected chi connectivity index (χ2v) is 7.53. The van der Waals surface area contributed by atoms with Crippen molar-refractivity contribution >= 4 is 29.9 Å². The van der Waals surface area contributed by atoms with Crippen molar-refractivity contribution < 1.29 is 4.74 Å². The fraction of sp³-hybridized carbons (Fsp3) is 0.545. The first-order valence-electron chi connectivity index (χ1n) is 10.2. The van der Waals surface area contributed by atoms with Crippen LogP contribution in [0.5, 0.6) is 5.75 Å². The zero-order valence-electron chi connectivity index (χ0n) is 18.3. The van der Waals surface area contributed by atoms with Gasteiger partial charge in [-0.1, -0.05) is 26.0 Å². The summed E-state index contributed by atoms with van der Waals surface area (Å²) >= 11 is 0. The maximum Gasteiger partial charge on any atom is 0.191 e. The number of ether oxygens (including phenoxy) is 1. The highest BCUT2D eigenvalue weighted by Crippen LogP contribution is 2.18. The Morgan fingerprint density at radius 3 is 2.52 bits per heavy atom. The van der Waals surface area contributed by atoms with E-state index in [4.69, 9.17) is 9.73 Å². The summed E-state index contributed by atoms with van der Waals surface area (Å²) in [5, 5.41) is 11.0. The molecule has 0 bridgehead atoms. The van der Waals surface area contributed by atoms with Gasteiger partial charge in [-0.15, -0.1) is 24.0 Å². The van der Waals surface area contributed by atoms with Crippen molar-refractivity contribution in [3.05, 3.63) is 47.8 Å². The standard InChI is InChI=1S/C22H35N5O.HI/c1-6-23-22(24-13-7-8-19-14-25-27(5)15-19)26-18(4)20-9-11-21(12-10-20)28-16-17(2)3;/h9-12,14-15,17-18H,6-8,13,16H2,1-5H3,(H2,23,24,26);1H. The Balaban J connectivity index is 0.00000420. The van der Waals surface area contributed by atoms with Gasteiger partial charge in [-0.25, -0.2) is 0 Å². The minimum atomic E-state index is 0. The Morgan fingerprint density at radius 2 is 1.93 bits per heavy atom. The average Bonchev–Trinajstić information content (AvgIpc) is 3.09. The van der Waals surface area contributed by atoms with E-state index in [1.54, 1.807) is 0 Å². The molecule has 0 aliphatic heterocycles. The van der Waals surface area contributed by atoms with Gasteiger partial charge in [-0.2, -0.15) is 5.10 Å². The normalized spacial score (nSPS) is 12.4. The molecule has 0 saturated heterocycles. The van der Waals surface area contributed by atoms with Crippen molar-refractivity contribution in [2.24, 2.45) is 18.0 Å². The molecular weight excluding hydrogens is 477 g/mol. The second-order valence-electron chi connectivity index (χ2n) is 7.53. The van der Waals surface area contributed by atoms with Gasteiger partial charge in [0.1, 0.15) is 5.75 Å². The molecule has 7 heteroatoms. The van der Waals surface area contributed by atoms with Crippen molar-refractivity contribution in [2.45, 2.75) is 46.6 Å². The summed E-state index contributed by atoms with van der Waals surface area (Å²) < 4.78 is 7.60. The number of nitrogens with zero attached hydrogens (tertiary/aromatic N) is 3. The molecule has 1 unspecified atom stereocenters. The lowest BCUT2D eigenvalue weighted by Gasteiger charge is -2.18. The molecule has 29 heavy (non-hydrogen) atoms. The van der Waals surface area contributed by atoms with E-state index < -0.39 is 0 Å². The van der Waals surface area contributed by atoms with Crippen LogP contribution in [0.1, 0.15) is 51.3 Å². The molecule has 0 saturated carbocycles. The number of aliphatic imine (C=N–C) groups is 1. The topological polar surface area (TPSA) is 63.5 Å².